The SMILES string of the molecule is Cc1cnn(C(C)C(=O)Nc2nn(Cc3ccc(Cl)cc3Cl)cc2Cl)c1. The Morgan fingerprint density at radius 2 is 2.00 bits per heavy atom. The van der Waals surface area contributed by atoms with Crippen molar-refractivity contribution in [2.75, 3.05) is 5.32 Å². The van der Waals surface area contributed by atoms with Gasteiger partial charge in [-0.2, -0.15) is 10.2 Å². The Balaban J connectivity index is 1.72. The quantitative estimate of drug-likeness (QED) is 0.666. The molecular formula is C17H16Cl3N5O. The Hall–Kier alpha value is -2.02. The van der Waals surface area contributed by atoms with E-state index in [0.29, 0.717) is 21.6 Å². The third-order valence-corrected chi connectivity index (χ3v) is 4.68. The lowest BCUT2D eigenvalue weighted by Gasteiger charge is -2.11. The summed E-state index contributed by atoms with van der Waals surface area (Å²) >= 11 is 18.3. The van der Waals surface area contributed by atoms with Crippen LogP contribution in [0.15, 0.2) is 36.8 Å². The van der Waals surface area contributed by atoms with Gasteiger partial charge in [-0.15, -0.1) is 0 Å². The van der Waals surface area contributed by atoms with E-state index in [-0.39, 0.29) is 11.7 Å². The molecule has 0 aliphatic carbocycles. The zero-order valence-corrected chi connectivity index (χ0v) is 16.3. The highest BCUT2D eigenvalue weighted by molar-refractivity contribution is 6.35. The molecule has 0 saturated carbocycles. The average Bonchev–Trinajstić information content (AvgIpc) is 3.15. The molecule has 1 aromatic carbocycles. The zero-order chi connectivity index (χ0) is 18.8. The standard InChI is InChI=1S/C17H16Cl3N5O/c1-10-6-21-25(7-10)11(2)17(26)22-16-15(20)9-24(23-16)8-12-3-4-13(18)5-14(12)19/h3-7,9,11H,8H2,1-2H3,(H,22,23,26). The summed E-state index contributed by atoms with van der Waals surface area (Å²) in [6, 6.07) is 4.75. The lowest BCUT2D eigenvalue weighted by atomic mass is 10.2. The summed E-state index contributed by atoms with van der Waals surface area (Å²) in [5, 5.41) is 12.6. The molecule has 3 rings (SSSR count). The van der Waals surface area contributed by atoms with Crippen LogP contribution >= 0.6 is 34.8 Å². The van der Waals surface area contributed by atoms with E-state index >= 15 is 0 Å². The maximum absolute atomic E-state index is 12.4. The summed E-state index contributed by atoms with van der Waals surface area (Å²) in [6.07, 6.45) is 5.12. The minimum atomic E-state index is -0.490. The third kappa shape index (κ3) is 4.20. The Morgan fingerprint density at radius 1 is 1.23 bits per heavy atom. The minimum Gasteiger partial charge on any atom is -0.306 e. The van der Waals surface area contributed by atoms with Gasteiger partial charge in [0.05, 0.1) is 12.7 Å². The second kappa shape index (κ2) is 7.70. The fourth-order valence-corrected chi connectivity index (χ4v) is 3.04. The van der Waals surface area contributed by atoms with Crippen molar-refractivity contribution in [2.24, 2.45) is 0 Å². The van der Waals surface area contributed by atoms with Gasteiger partial charge < -0.3 is 5.32 Å². The lowest BCUT2D eigenvalue weighted by Crippen LogP contribution is -2.24. The van der Waals surface area contributed by atoms with Crippen LogP contribution in [0.25, 0.3) is 0 Å². The average molecular weight is 413 g/mol. The molecular weight excluding hydrogens is 397 g/mol. The van der Waals surface area contributed by atoms with Crippen molar-refractivity contribution >= 4 is 46.5 Å². The Kier molecular flexibility index (Phi) is 5.55. The summed E-state index contributed by atoms with van der Waals surface area (Å²) in [5.41, 5.74) is 1.82. The van der Waals surface area contributed by atoms with Crippen LogP contribution in [-0.2, 0) is 11.3 Å². The molecule has 2 heterocycles. The Bertz CT molecular complexity index is 950. The van der Waals surface area contributed by atoms with Gasteiger partial charge in [-0.3, -0.25) is 14.2 Å². The van der Waals surface area contributed by atoms with Gasteiger partial charge in [0.15, 0.2) is 5.82 Å². The van der Waals surface area contributed by atoms with E-state index < -0.39 is 6.04 Å². The van der Waals surface area contributed by atoms with E-state index in [2.05, 4.69) is 15.5 Å². The second-order valence-electron chi connectivity index (χ2n) is 5.92. The van der Waals surface area contributed by atoms with Crippen molar-refractivity contribution in [1.82, 2.24) is 19.6 Å². The smallest absolute Gasteiger partial charge is 0.250 e. The molecule has 0 saturated heterocycles. The molecule has 1 unspecified atom stereocenters. The number of aromatic nitrogens is 4. The largest absolute Gasteiger partial charge is 0.306 e. The van der Waals surface area contributed by atoms with E-state index in [1.807, 2.05) is 13.0 Å². The normalized spacial score (nSPS) is 12.2. The molecule has 0 aliphatic rings. The first-order valence-electron chi connectivity index (χ1n) is 7.82. The van der Waals surface area contributed by atoms with Crippen LogP contribution in [0.2, 0.25) is 15.1 Å². The van der Waals surface area contributed by atoms with Crippen molar-refractivity contribution < 1.29 is 4.79 Å². The highest BCUT2D eigenvalue weighted by Crippen LogP contribution is 2.24. The van der Waals surface area contributed by atoms with Crippen LogP contribution in [0.4, 0.5) is 5.82 Å². The van der Waals surface area contributed by atoms with Gasteiger partial charge in [0.1, 0.15) is 11.1 Å². The predicted molar refractivity (Wildman–Crippen MR) is 103 cm³/mol. The number of nitrogens with zero attached hydrogens (tertiary/aromatic N) is 4. The van der Waals surface area contributed by atoms with Crippen molar-refractivity contribution in [3.8, 4) is 0 Å². The molecule has 136 valence electrons. The van der Waals surface area contributed by atoms with Gasteiger partial charge in [0.2, 0.25) is 5.91 Å². The fraction of sp³-hybridized carbons (Fsp3) is 0.235. The zero-order valence-electron chi connectivity index (χ0n) is 14.1. The van der Waals surface area contributed by atoms with Gasteiger partial charge in [0, 0.05) is 22.4 Å². The highest BCUT2D eigenvalue weighted by Gasteiger charge is 2.19. The third-order valence-electron chi connectivity index (χ3n) is 3.81. The van der Waals surface area contributed by atoms with Gasteiger partial charge in [-0.05, 0) is 37.1 Å². The molecule has 1 atom stereocenters. The predicted octanol–water partition coefficient (Wildman–Crippen LogP) is 4.60. The Labute approximate surface area is 165 Å². The first-order valence-corrected chi connectivity index (χ1v) is 8.95. The number of anilines is 1. The molecule has 0 spiro atoms. The second-order valence-corrected chi connectivity index (χ2v) is 7.17. The number of carbonyl (C=O) groups is 1. The van der Waals surface area contributed by atoms with Crippen molar-refractivity contribution in [2.45, 2.75) is 26.4 Å². The number of halogens is 3. The summed E-state index contributed by atoms with van der Waals surface area (Å²) < 4.78 is 3.19. The molecule has 1 amide bonds. The summed E-state index contributed by atoms with van der Waals surface area (Å²) in [7, 11) is 0. The minimum absolute atomic E-state index is 0.259. The van der Waals surface area contributed by atoms with Gasteiger partial charge in [-0.25, -0.2) is 0 Å². The van der Waals surface area contributed by atoms with Crippen LogP contribution < -0.4 is 5.32 Å². The topological polar surface area (TPSA) is 64.7 Å². The number of hydrogen-bond acceptors (Lipinski definition) is 3. The molecule has 26 heavy (non-hydrogen) atoms. The summed E-state index contributed by atoms with van der Waals surface area (Å²) in [6.45, 7) is 4.06. The number of amides is 1. The number of nitrogens with one attached hydrogen (secondary N) is 1. The molecule has 0 fully saturated rings. The maximum Gasteiger partial charge on any atom is 0.250 e. The fourth-order valence-electron chi connectivity index (χ4n) is 2.37. The van der Waals surface area contributed by atoms with Gasteiger partial charge in [0.25, 0.3) is 0 Å². The molecule has 6 nitrogen and oxygen atoms in total. The molecule has 0 bridgehead atoms. The van der Waals surface area contributed by atoms with Crippen LogP contribution in [0.3, 0.4) is 0 Å². The first-order chi connectivity index (χ1) is 12.3. The van der Waals surface area contributed by atoms with E-state index in [1.165, 1.54) is 0 Å². The first kappa shape index (κ1) is 18.8. The number of benzene rings is 1. The van der Waals surface area contributed by atoms with Crippen LogP contribution in [-0.4, -0.2) is 25.5 Å². The molecule has 9 heteroatoms. The van der Waals surface area contributed by atoms with Crippen molar-refractivity contribution in [1.29, 1.82) is 0 Å². The summed E-state index contributed by atoms with van der Waals surface area (Å²) in [4.78, 5) is 12.4. The number of carbonyl (C=O) groups excluding carboxylic acids is 1. The molecule has 2 aromatic heterocycles. The number of hydrogen-bond donors (Lipinski definition) is 1. The number of rotatable bonds is 5. The molecule has 0 radical (unpaired) electrons. The summed E-state index contributed by atoms with van der Waals surface area (Å²) in [5.74, 6) is 0.0299. The Morgan fingerprint density at radius 3 is 2.65 bits per heavy atom. The monoisotopic (exact) mass is 411 g/mol. The van der Waals surface area contributed by atoms with Crippen molar-refractivity contribution in [3.05, 3.63) is 63.0 Å². The van der Waals surface area contributed by atoms with Gasteiger partial charge >= 0.3 is 0 Å². The van der Waals surface area contributed by atoms with Crippen LogP contribution in [0.1, 0.15) is 24.1 Å². The van der Waals surface area contributed by atoms with E-state index in [0.717, 1.165) is 11.1 Å². The molecule has 0 aliphatic heterocycles. The van der Waals surface area contributed by atoms with E-state index in [4.69, 9.17) is 34.8 Å². The lowest BCUT2D eigenvalue weighted by molar-refractivity contribution is -0.119. The van der Waals surface area contributed by atoms with Crippen LogP contribution in [0, 0.1) is 6.92 Å². The van der Waals surface area contributed by atoms with Crippen molar-refractivity contribution in [3.63, 3.8) is 0 Å². The highest BCUT2D eigenvalue weighted by atomic mass is 35.5. The maximum atomic E-state index is 12.4. The van der Waals surface area contributed by atoms with E-state index in [1.54, 1.807) is 47.0 Å². The molecule has 1 N–H and O–H groups in total. The molecule has 3 aromatic rings. The van der Waals surface area contributed by atoms with Gasteiger partial charge in [-0.1, -0.05) is 40.9 Å². The van der Waals surface area contributed by atoms with Crippen LogP contribution in [0.5, 0.6) is 0 Å². The van der Waals surface area contributed by atoms with E-state index in [9.17, 15) is 4.79 Å². The number of aryl methyl sites for hydroxylation is 1.